The minimum atomic E-state index is -0.474. The highest BCUT2D eigenvalue weighted by molar-refractivity contribution is 7.17. The summed E-state index contributed by atoms with van der Waals surface area (Å²) in [6.45, 7) is 3.47. The van der Waals surface area contributed by atoms with Crippen LogP contribution in [0.2, 0.25) is 0 Å². The molecule has 1 aliphatic heterocycles. The van der Waals surface area contributed by atoms with E-state index in [-0.39, 0.29) is 18.4 Å². The van der Waals surface area contributed by atoms with Gasteiger partial charge < -0.3 is 20.1 Å². The van der Waals surface area contributed by atoms with Gasteiger partial charge in [-0.15, -0.1) is 11.3 Å². The van der Waals surface area contributed by atoms with Gasteiger partial charge in [0.2, 0.25) is 0 Å². The zero-order chi connectivity index (χ0) is 14.7. The predicted molar refractivity (Wildman–Crippen MR) is 77.0 cm³/mol. The number of nitrogens with two attached hydrogens (primary N) is 1. The molecule has 0 bridgehead atoms. The Labute approximate surface area is 121 Å². The lowest BCUT2D eigenvalue weighted by Gasteiger charge is -2.17. The zero-order valence-electron chi connectivity index (χ0n) is 11.5. The summed E-state index contributed by atoms with van der Waals surface area (Å²) in [6.07, 6.45) is 1.03. The van der Waals surface area contributed by atoms with Crippen LogP contribution in [-0.4, -0.2) is 38.9 Å². The van der Waals surface area contributed by atoms with Crippen molar-refractivity contribution in [2.24, 2.45) is 0 Å². The maximum Gasteiger partial charge on any atom is 0.343 e. The van der Waals surface area contributed by atoms with Crippen molar-refractivity contribution in [1.29, 1.82) is 5.26 Å². The smallest absolute Gasteiger partial charge is 0.343 e. The number of carbonyl (C=O) groups excluding carboxylic acids is 1. The SMILES string of the molecule is CCOC(=O)c1c(N2CCC(OC)C2)sc(C#N)c1N. The molecule has 1 saturated heterocycles. The Morgan fingerprint density at radius 1 is 1.65 bits per heavy atom. The van der Waals surface area contributed by atoms with Crippen LogP contribution in [0.1, 0.15) is 28.6 Å². The first-order chi connectivity index (χ1) is 9.62. The first-order valence-electron chi connectivity index (χ1n) is 6.39. The van der Waals surface area contributed by atoms with E-state index in [2.05, 4.69) is 0 Å². The molecule has 7 heteroatoms. The van der Waals surface area contributed by atoms with E-state index in [0.717, 1.165) is 13.0 Å². The van der Waals surface area contributed by atoms with Gasteiger partial charge in [-0.25, -0.2) is 4.79 Å². The number of nitrogen functional groups attached to an aromatic ring is 1. The van der Waals surface area contributed by atoms with Crippen molar-refractivity contribution in [3.8, 4) is 6.07 Å². The number of esters is 1. The van der Waals surface area contributed by atoms with Gasteiger partial charge in [0, 0.05) is 20.2 Å². The summed E-state index contributed by atoms with van der Waals surface area (Å²) in [5.74, 6) is -0.474. The van der Waals surface area contributed by atoms with Crippen molar-refractivity contribution in [2.75, 3.05) is 37.4 Å². The number of carbonyl (C=O) groups is 1. The van der Waals surface area contributed by atoms with Crippen LogP contribution in [0.25, 0.3) is 0 Å². The van der Waals surface area contributed by atoms with E-state index in [4.69, 9.17) is 20.5 Å². The topological polar surface area (TPSA) is 88.6 Å². The molecular formula is C13H17N3O3S. The average molecular weight is 295 g/mol. The molecule has 0 saturated carbocycles. The molecule has 1 unspecified atom stereocenters. The van der Waals surface area contributed by atoms with Crippen molar-refractivity contribution < 1.29 is 14.3 Å². The second-order valence-electron chi connectivity index (χ2n) is 4.45. The van der Waals surface area contributed by atoms with E-state index in [1.807, 2.05) is 11.0 Å². The van der Waals surface area contributed by atoms with Crippen LogP contribution < -0.4 is 10.6 Å². The molecule has 0 spiro atoms. The maximum atomic E-state index is 12.1. The molecule has 1 atom stereocenters. The fourth-order valence-corrected chi connectivity index (χ4v) is 3.28. The van der Waals surface area contributed by atoms with Crippen LogP contribution in [-0.2, 0) is 9.47 Å². The third kappa shape index (κ3) is 2.57. The predicted octanol–water partition coefficient (Wildman–Crippen LogP) is 1.60. The molecular weight excluding hydrogens is 278 g/mol. The van der Waals surface area contributed by atoms with Crippen molar-refractivity contribution in [3.63, 3.8) is 0 Å². The third-order valence-corrected chi connectivity index (χ3v) is 4.44. The molecule has 20 heavy (non-hydrogen) atoms. The Kier molecular flexibility index (Phi) is 4.47. The number of anilines is 2. The lowest BCUT2D eigenvalue weighted by molar-refractivity contribution is 0.0528. The number of rotatable bonds is 4. The zero-order valence-corrected chi connectivity index (χ0v) is 12.3. The Morgan fingerprint density at radius 3 is 2.95 bits per heavy atom. The first kappa shape index (κ1) is 14.6. The molecule has 2 heterocycles. The van der Waals surface area contributed by atoms with Crippen LogP contribution >= 0.6 is 11.3 Å². The summed E-state index contributed by atoms with van der Waals surface area (Å²) in [4.78, 5) is 14.4. The second-order valence-corrected chi connectivity index (χ2v) is 5.45. The second kappa shape index (κ2) is 6.11. The van der Waals surface area contributed by atoms with Crippen molar-refractivity contribution in [2.45, 2.75) is 19.4 Å². The summed E-state index contributed by atoms with van der Waals surface area (Å²) < 4.78 is 10.4. The van der Waals surface area contributed by atoms with E-state index < -0.39 is 5.97 Å². The Balaban J connectivity index is 2.37. The Morgan fingerprint density at radius 2 is 2.40 bits per heavy atom. The fraction of sp³-hybridized carbons (Fsp3) is 0.538. The van der Waals surface area contributed by atoms with Crippen LogP contribution in [0, 0.1) is 11.3 Å². The van der Waals surface area contributed by atoms with Gasteiger partial charge in [-0.2, -0.15) is 5.26 Å². The number of thiophene rings is 1. The van der Waals surface area contributed by atoms with Gasteiger partial charge in [0.05, 0.1) is 18.4 Å². The molecule has 6 nitrogen and oxygen atoms in total. The molecule has 2 rings (SSSR count). The summed E-state index contributed by atoms with van der Waals surface area (Å²) in [5.41, 5.74) is 6.43. The van der Waals surface area contributed by atoms with Crippen molar-refractivity contribution >= 4 is 28.0 Å². The van der Waals surface area contributed by atoms with Crippen LogP contribution in [0.5, 0.6) is 0 Å². The minimum Gasteiger partial charge on any atom is -0.462 e. The number of nitriles is 1. The maximum absolute atomic E-state index is 12.1. The van der Waals surface area contributed by atoms with Crippen LogP contribution in [0.3, 0.4) is 0 Å². The number of methoxy groups -OCH3 is 1. The molecule has 2 N–H and O–H groups in total. The summed E-state index contributed by atoms with van der Waals surface area (Å²) >= 11 is 1.23. The number of ether oxygens (including phenoxy) is 2. The summed E-state index contributed by atoms with van der Waals surface area (Å²) in [7, 11) is 1.67. The van der Waals surface area contributed by atoms with Crippen molar-refractivity contribution in [3.05, 3.63) is 10.4 Å². The third-order valence-electron chi connectivity index (χ3n) is 3.27. The molecule has 0 aromatic carbocycles. The van der Waals surface area contributed by atoms with E-state index in [9.17, 15) is 4.79 Å². The fourth-order valence-electron chi connectivity index (χ4n) is 2.24. The van der Waals surface area contributed by atoms with Gasteiger partial charge in [-0.05, 0) is 13.3 Å². The van der Waals surface area contributed by atoms with Gasteiger partial charge in [-0.1, -0.05) is 0 Å². The van der Waals surface area contributed by atoms with Crippen molar-refractivity contribution in [1.82, 2.24) is 0 Å². The molecule has 1 aromatic rings. The van der Waals surface area contributed by atoms with Gasteiger partial charge in [-0.3, -0.25) is 0 Å². The first-order valence-corrected chi connectivity index (χ1v) is 7.21. The molecule has 108 valence electrons. The Bertz CT molecular complexity index is 550. The molecule has 0 aliphatic carbocycles. The van der Waals surface area contributed by atoms with Gasteiger partial charge in [0.15, 0.2) is 0 Å². The van der Waals surface area contributed by atoms with Crippen LogP contribution in [0.15, 0.2) is 0 Å². The van der Waals surface area contributed by atoms with Crippen LogP contribution in [0.4, 0.5) is 10.7 Å². The quantitative estimate of drug-likeness (QED) is 0.849. The highest BCUT2D eigenvalue weighted by Crippen LogP contribution is 2.39. The summed E-state index contributed by atoms with van der Waals surface area (Å²) in [5, 5.41) is 9.80. The van der Waals surface area contributed by atoms with Gasteiger partial charge in [0.1, 0.15) is 21.5 Å². The molecule has 1 fully saturated rings. The highest BCUT2D eigenvalue weighted by atomic mass is 32.1. The van der Waals surface area contributed by atoms with E-state index in [1.54, 1.807) is 14.0 Å². The lowest BCUT2D eigenvalue weighted by atomic mass is 10.2. The molecule has 0 radical (unpaired) electrons. The molecule has 1 aromatic heterocycles. The Hall–Kier alpha value is -1.78. The number of hydrogen-bond donors (Lipinski definition) is 1. The van der Waals surface area contributed by atoms with Gasteiger partial charge in [0.25, 0.3) is 0 Å². The highest BCUT2D eigenvalue weighted by Gasteiger charge is 2.31. The number of hydrogen-bond acceptors (Lipinski definition) is 7. The van der Waals surface area contributed by atoms with E-state index in [0.29, 0.717) is 22.0 Å². The number of nitrogens with zero attached hydrogens (tertiary/aromatic N) is 2. The van der Waals surface area contributed by atoms with E-state index >= 15 is 0 Å². The normalized spacial score (nSPS) is 18.1. The molecule has 0 amide bonds. The molecule has 1 aliphatic rings. The lowest BCUT2D eigenvalue weighted by Crippen LogP contribution is -2.23. The monoisotopic (exact) mass is 295 g/mol. The van der Waals surface area contributed by atoms with E-state index in [1.165, 1.54) is 11.3 Å². The largest absolute Gasteiger partial charge is 0.462 e. The average Bonchev–Trinajstić information content (AvgIpc) is 3.02. The minimum absolute atomic E-state index is 0.138. The standard InChI is InChI=1S/C13H17N3O3S/c1-3-19-13(17)10-11(15)9(6-14)20-12(10)16-5-4-8(7-16)18-2/h8H,3-5,7,15H2,1-2H3. The summed E-state index contributed by atoms with van der Waals surface area (Å²) in [6, 6.07) is 2.03. The van der Waals surface area contributed by atoms with Gasteiger partial charge >= 0.3 is 5.97 Å².